The van der Waals surface area contributed by atoms with Crippen LogP contribution in [0.3, 0.4) is 0 Å². The van der Waals surface area contributed by atoms with Crippen LogP contribution in [0.4, 0.5) is 10.6 Å². The molecule has 2 aromatic heterocycles. The van der Waals surface area contributed by atoms with Gasteiger partial charge in [-0.3, -0.25) is 0 Å². The highest BCUT2D eigenvalue weighted by atomic mass is 16.5. The Hall–Kier alpha value is -2.70. The van der Waals surface area contributed by atoms with Crippen LogP contribution in [0.2, 0.25) is 0 Å². The monoisotopic (exact) mass is 369 g/mol. The van der Waals surface area contributed by atoms with E-state index in [4.69, 9.17) is 4.74 Å². The fourth-order valence-electron chi connectivity index (χ4n) is 3.75. The van der Waals surface area contributed by atoms with E-state index < -0.39 is 0 Å². The summed E-state index contributed by atoms with van der Waals surface area (Å²) in [5.74, 6) is 1.77. The van der Waals surface area contributed by atoms with Crippen molar-refractivity contribution in [2.45, 2.75) is 31.9 Å². The van der Waals surface area contributed by atoms with Crippen LogP contribution in [0.5, 0.6) is 5.75 Å². The summed E-state index contributed by atoms with van der Waals surface area (Å²) in [6.07, 6.45) is 9.09. The fourth-order valence-corrected chi connectivity index (χ4v) is 3.75. The first-order chi connectivity index (χ1) is 13.3. The van der Waals surface area contributed by atoms with Crippen molar-refractivity contribution in [1.82, 2.24) is 19.8 Å². The second kappa shape index (κ2) is 8.33. The molecule has 0 bridgehead atoms. The quantitative estimate of drug-likeness (QED) is 0.849. The smallest absolute Gasteiger partial charge is 0.317 e. The van der Waals surface area contributed by atoms with Gasteiger partial charge in [0.15, 0.2) is 11.6 Å². The standard InChI is InChI=1S/C20H27N5O2/c26-20(22-9-15-23-10-1-2-11-23)25-14-7-17(16-25)27-18-6-5-8-21-19(18)24-12-3-4-13-24/h1-2,5-6,8,10-11,17H,3-4,7,9,12-16H2,(H,22,26)/t17-/m0/s1. The van der Waals surface area contributed by atoms with Crippen LogP contribution in [-0.2, 0) is 6.54 Å². The van der Waals surface area contributed by atoms with Crippen LogP contribution in [0, 0.1) is 0 Å². The molecule has 1 atom stereocenters. The first kappa shape index (κ1) is 17.7. The van der Waals surface area contributed by atoms with Crippen molar-refractivity contribution in [3.8, 4) is 5.75 Å². The molecule has 0 radical (unpaired) electrons. The van der Waals surface area contributed by atoms with Crippen molar-refractivity contribution in [1.29, 1.82) is 0 Å². The first-order valence-corrected chi connectivity index (χ1v) is 9.80. The highest BCUT2D eigenvalue weighted by Crippen LogP contribution is 2.30. The number of nitrogens with zero attached hydrogens (tertiary/aromatic N) is 4. The van der Waals surface area contributed by atoms with Crippen molar-refractivity contribution in [2.75, 3.05) is 37.6 Å². The SMILES string of the molecule is O=C(NCCn1cccc1)N1CC[C@H](Oc2cccnc2N2CCCC2)C1. The Labute approximate surface area is 159 Å². The number of pyridine rings is 1. The lowest BCUT2D eigenvalue weighted by Gasteiger charge is -2.22. The van der Waals surface area contributed by atoms with E-state index in [1.54, 1.807) is 0 Å². The zero-order valence-electron chi connectivity index (χ0n) is 15.6. The predicted octanol–water partition coefficient (Wildman–Crippen LogP) is 2.35. The van der Waals surface area contributed by atoms with E-state index in [0.29, 0.717) is 13.1 Å². The number of carbonyl (C=O) groups is 1. The minimum Gasteiger partial charge on any atom is -0.485 e. The molecule has 0 aromatic carbocycles. The van der Waals surface area contributed by atoms with E-state index in [1.165, 1.54) is 12.8 Å². The van der Waals surface area contributed by atoms with Crippen LogP contribution in [0.1, 0.15) is 19.3 Å². The molecular formula is C20H27N5O2. The summed E-state index contributed by atoms with van der Waals surface area (Å²) < 4.78 is 8.29. The normalized spacial score (nSPS) is 19.5. The number of likely N-dealkylation sites (tertiary alicyclic amines) is 1. The second-order valence-corrected chi connectivity index (χ2v) is 7.15. The number of rotatable bonds is 6. The number of carbonyl (C=O) groups excluding carboxylic acids is 1. The lowest BCUT2D eigenvalue weighted by Crippen LogP contribution is -2.40. The highest BCUT2D eigenvalue weighted by Gasteiger charge is 2.29. The summed E-state index contributed by atoms with van der Waals surface area (Å²) in [4.78, 5) is 21.0. The lowest BCUT2D eigenvalue weighted by molar-refractivity contribution is 0.186. The van der Waals surface area contributed by atoms with E-state index in [-0.39, 0.29) is 12.1 Å². The Balaban J connectivity index is 1.28. The molecule has 1 N–H and O–H groups in total. The number of urea groups is 1. The van der Waals surface area contributed by atoms with Crippen LogP contribution < -0.4 is 15.0 Å². The van der Waals surface area contributed by atoms with Gasteiger partial charge >= 0.3 is 6.03 Å². The number of aromatic nitrogens is 2. The van der Waals surface area contributed by atoms with Crippen LogP contribution in [0.25, 0.3) is 0 Å². The van der Waals surface area contributed by atoms with Crippen molar-refractivity contribution in [3.05, 3.63) is 42.9 Å². The van der Waals surface area contributed by atoms with Crippen molar-refractivity contribution in [3.63, 3.8) is 0 Å². The van der Waals surface area contributed by atoms with Gasteiger partial charge in [-0.25, -0.2) is 9.78 Å². The van der Waals surface area contributed by atoms with Crippen molar-refractivity contribution >= 4 is 11.8 Å². The van der Waals surface area contributed by atoms with E-state index in [0.717, 1.165) is 44.2 Å². The van der Waals surface area contributed by atoms with E-state index in [9.17, 15) is 4.79 Å². The molecule has 0 aliphatic carbocycles. The summed E-state index contributed by atoms with van der Waals surface area (Å²) in [5, 5.41) is 2.99. The Morgan fingerprint density at radius 1 is 1.19 bits per heavy atom. The van der Waals surface area contributed by atoms with Gasteiger partial charge in [-0.15, -0.1) is 0 Å². The van der Waals surface area contributed by atoms with Gasteiger partial charge in [-0.05, 0) is 37.1 Å². The number of ether oxygens (including phenoxy) is 1. The molecule has 7 heteroatoms. The second-order valence-electron chi connectivity index (χ2n) is 7.15. The van der Waals surface area contributed by atoms with E-state index >= 15 is 0 Å². The molecule has 4 rings (SSSR count). The van der Waals surface area contributed by atoms with E-state index in [1.807, 2.05) is 47.8 Å². The average Bonchev–Trinajstić information content (AvgIpc) is 3.45. The summed E-state index contributed by atoms with van der Waals surface area (Å²) in [6, 6.07) is 7.85. The van der Waals surface area contributed by atoms with Gasteiger partial charge in [-0.1, -0.05) is 0 Å². The Morgan fingerprint density at radius 2 is 2.00 bits per heavy atom. The van der Waals surface area contributed by atoms with Gasteiger partial charge in [0.05, 0.1) is 6.54 Å². The van der Waals surface area contributed by atoms with Gasteiger partial charge in [-0.2, -0.15) is 0 Å². The number of hydrogen-bond donors (Lipinski definition) is 1. The zero-order valence-corrected chi connectivity index (χ0v) is 15.6. The zero-order chi connectivity index (χ0) is 18.5. The molecule has 2 amide bonds. The first-order valence-electron chi connectivity index (χ1n) is 9.80. The summed E-state index contributed by atoms with van der Waals surface area (Å²) in [6.45, 7) is 4.81. The Kier molecular flexibility index (Phi) is 5.46. The number of anilines is 1. The summed E-state index contributed by atoms with van der Waals surface area (Å²) in [5.41, 5.74) is 0. The molecule has 2 fully saturated rings. The van der Waals surface area contributed by atoms with Gasteiger partial charge in [0, 0.05) is 57.7 Å². The molecule has 4 heterocycles. The molecule has 7 nitrogen and oxygen atoms in total. The molecule has 2 saturated heterocycles. The Morgan fingerprint density at radius 3 is 2.81 bits per heavy atom. The molecule has 0 spiro atoms. The van der Waals surface area contributed by atoms with Crippen LogP contribution in [0.15, 0.2) is 42.9 Å². The van der Waals surface area contributed by atoms with Crippen LogP contribution in [-0.4, -0.2) is 59.3 Å². The topological polar surface area (TPSA) is 62.6 Å². The minimum atomic E-state index is -0.0146. The van der Waals surface area contributed by atoms with E-state index in [2.05, 4.69) is 19.8 Å². The molecule has 0 saturated carbocycles. The molecule has 2 aliphatic heterocycles. The predicted molar refractivity (Wildman–Crippen MR) is 104 cm³/mol. The van der Waals surface area contributed by atoms with Crippen LogP contribution >= 0.6 is 0 Å². The molecule has 2 aromatic rings. The number of nitrogens with one attached hydrogen (secondary N) is 1. The van der Waals surface area contributed by atoms with Gasteiger partial charge in [0.2, 0.25) is 0 Å². The molecule has 0 unspecified atom stereocenters. The molecular weight excluding hydrogens is 342 g/mol. The average molecular weight is 369 g/mol. The summed E-state index contributed by atoms with van der Waals surface area (Å²) in [7, 11) is 0. The fraction of sp³-hybridized carbons (Fsp3) is 0.500. The third-order valence-corrected chi connectivity index (χ3v) is 5.19. The maximum absolute atomic E-state index is 12.4. The third-order valence-electron chi connectivity index (χ3n) is 5.19. The third kappa shape index (κ3) is 4.35. The number of hydrogen-bond acceptors (Lipinski definition) is 4. The highest BCUT2D eigenvalue weighted by molar-refractivity contribution is 5.74. The van der Waals surface area contributed by atoms with Gasteiger partial charge < -0.3 is 24.4 Å². The molecule has 27 heavy (non-hydrogen) atoms. The number of amides is 2. The summed E-state index contributed by atoms with van der Waals surface area (Å²) >= 11 is 0. The minimum absolute atomic E-state index is 0.0146. The van der Waals surface area contributed by atoms with Crippen molar-refractivity contribution < 1.29 is 9.53 Å². The maximum Gasteiger partial charge on any atom is 0.317 e. The maximum atomic E-state index is 12.4. The molecule has 2 aliphatic rings. The van der Waals surface area contributed by atoms with Gasteiger partial charge in [0.1, 0.15) is 6.10 Å². The lowest BCUT2D eigenvalue weighted by atomic mass is 10.3. The largest absolute Gasteiger partial charge is 0.485 e. The van der Waals surface area contributed by atoms with Gasteiger partial charge in [0.25, 0.3) is 0 Å². The Bertz CT molecular complexity index is 743. The van der Waals surface area contributed by atoms with Crippen molar-refractivity contribution in [2.24, 2.45) is 0 Å². The molecule has 144 valence electrons.